The van der Waals surface area contributed by atoms with Crippen molar-refractivity contribution in [1.82, 2.24) is 10.4 Å². The van der Waals surface area contributed by atoms with Gasteiger partial charge in [-0.1, -0.05) is 25.1 Å². The Morgan fingerprint density at radius 1 is 1.37 bits per heavy atom. The van der Waals surface area contributed by atoms with Crippen molar-refractivity contribution in [1.29, 1.82) is 0 Å². The maximum Gasteiger partial charge on any atom is 0.247 e. The van der Waals surface area contributed by atoms with Crippen LogP contribution in [0, 0.1) is 0 Å². The Balaban J connectivity index is 1.87. The summed E-state index contributed by atoms with van der Waals surface area (Å²) in [7, 11) is 0. The zero-order valence-electron chi connectivity index (χ0n) is 11.2. The average molecular weight is 280 g/mol. The smallest absolute Gasteiger partial charge is 0.247 e. The molecule has 1 aliphatic rings. The minimum Gasteiger partial charge on any atom is -0.379 e. The predicted molar refractivity (Wildman–Crippen MR) is 76.9 cm³/mol. The van der Waals surface area contributed by atoms with E-state index in [1.54, 1.807) is 11.8 Å². The summed E-state index contributed by atoms with van der Waals surface area (Å²) in [6.07, 6.45) is 0.815. The zero-order chi connectivity index (χ0) is 13.5. The summed E-state index contributed by atoms with van der Waals surface area (Å²) in [5, 5.41) is 1.89. The van der Waals surface area contributed by atoms with Crippen molar-refractivity contribution in [2.24, 2.45) is 0 Å². The molecule has 1 atom stereocenters. The average Bonchev–Trinajstić information content (AvgIpc) is 2.47. The van der Waals surface area contributed by atoms with Gasteiger partial charge in [0.05, 0.1) is 18.5 Å². The van der Waals surface area contributed by atoms with E-state index < -0.39 is 0 Å². The van der Waals surface area contributed by atoms with Crippen LogP contribution in [0.15, 0.2) is 35.2 Å². The van der Waals surface area contributed by atoms with Crippen LogP contribution in [0.3, 0.4) is 0 Å². The van der Waals surface area contributed by atoms with E-state index in [1.807, 2.05) is 42.3 Å². The molecule has 0 spiro atoms. The van der Waals surface area contributed by atoms with Gasteiger partial charge in [0.25, 0.3) is 0 Å². The molecule has 1 aromatic carbocycles. The third kappa shape index (κ3) is 4.53. The molecule has 0 bridgehead atoms. The molecule has 1 N–H and O–H groups in total. The number of hydrogen-bond donors (Lipinski definition) is 1. The molecule has 0 aliphatic carbocycles. The lowest BCUT2D eigenvalue weighted by Gasteiger charge is -2.28. The topological polar surface area (TPSA) is 41.6 Å². The molecule has 2 rings (SSSR count). The Hall–Kier alpha value is -1.04. The standard InChI is InChI=1S/C14H20N2O2S/c1-2-13(19-12-6-4-3-5-7-12)14(17)15-16-8-10-18-11-9-16/h3-7,13H,2,8-11H2,1H3,(H,15,17). The summed E-state index contributed by atoms with van der Waals surface area (Å²) in [4.78, 5) is 13.4. The lowest BCUT2D eigenvalue weighted by atomic mass is 10.3. The number of benzene rings is 1. The van der Waals surface area contributed by atoms with Crippen LogP contribution in [0.4, 0.5) is 0 Å². The van der Waals surface area contributed by atoms with Crippen LogP contribution in [0.25, 0.3) is 0 Å². The second-order valence-corrected chi connectivity index (χ2v) is 5.68. The largest absolute Gasteiger partial charge is 0.379 e. The number of thioether (sulfide) groups is 1. The second kappa shape index (κ2) is 7.53. The van der Waals surface area contributed by atoms with E-state index in [4.69, 9.17) is 4.74 Å². The zero-order valence-corrected chi connectivity index (χ0v) is 12.0. The van der Waals surface area contributed by atoms with Gasteiger partial charge in [-0.05, 0) is 18.6 Å². The molecule has 19 heavy (non-hydrogen) atoms. The van der Waals surface area contributed by atoms with Crippen molar-refractivity contribution in [3.8, 4) is 0 Å². The first-order valence-electron chi connectivity index (χ1n) is 6.64. The van der Waals surface area contributed by atoms with E-state index >= 15 is 0 Å². The van der Waals surface area contributed by atoms with Gasteiger partial charge in [-0.3, -0.25) is 10.2 Å². The number of ether oxygens (including phenoxy) is 1. The Bertz CT molecular complexity index is 394. The van der Waals surface area contributed by atoms with Gasteiger partial charge >= 0.3 is 0 Å². The molecular weight excluding hydrogens is 260 g/mol. The summed E-state index contributed by atoms with van der Waals surface area (Å²) in [5.41, 5.74) is 2.98. The molecule has 0 saturated carbocycles. The van der Waals surface area contributed by atoms with Gasteiger partial charge in [0.2, 0.25) is 5.91 Å². The summed E-state index contributed by atoms with van der Waals surface area (Å²) in [5.74, 6) is 0.0817. The minimum atomic E-state index is -0.0507. The fourth-order valence-corrected chi connectivity index (χ4v) is 2.86. The minimum absolute atomic E-state index is 0.0507. The number of carbonyl (C=O) groups excluding carboxylic acids is 1. The first-order chi connectivity index (χ1) is 9.29. The number of nitrogens with one attached hydrogen (secondary N) is 1. The molecule has 1 unspecified atom stereocenters. The molecule has 1 fully saturated rings. The Morgan fingerprint density at radius 3 is 2.68 bits per heavy atom. The Labute approximate surface area is 118 Å². The van der Waals surface area contributed by atoms with Crippen LogP contribution in [0.1, 0.15) is 13.3 Å². The number of morpholine rings is 1. The molecule has 4 nitrogen and oxygen atoms in total. The summed E-state index contributed by atoms with van der Waals surface area (Å²) in [6, 6.07) is 10.0. The fourth-order valence-electron chi connectivity index (χ4n) is 1.89. The van der Waals surface area contributed by atoms with Gasteiger partial charge < -0.3 is 4.74 Å². The maximum atomic E-state index is 12.2. The number of amides is 1. The number of carbonyl (C=O) groups is 1. The second-order valence-electron chi connectivity index (χ2n) is 4.40. The van der Waals surface area contributed by atoms with Crippen LogP contribution in [0.5, 0.6) is 0 Å². The number of hydrazine groups is 1. The predicted octanol–water partition coefficient (Wildman–Crippen LogP) is 1.92. The quantitative estimate of drug-likeness (QED) is 0.837. The fraction of sp³-hybridized carbons (Fsp3) is 0.500. The summed E-state index contributed by atoms with van der Waals surface area (Å²) >= 11 is 1.62. The van der Waals surface area contributed by atoms with Gasteiger partial charge in [0.15, 0.2) is 0 Å². The van der Waals surface area contributed by atoms with Gasteiger partial charge in [0.1, 0.15) is 0 Å². The van der Waals surface area contributed by atoms with Gasteiger partial charge in [0, 0.05) is 18.0 Å². The highest BCUT2D eigenvalue weighted by molar-refractivity contribution is 8.00. The summed E-state index contributed by atoms with van der Waals surface area (Å²) in [6.45, 7) is 4.93. The highest BCUT2D eigenvalue weighted by atomic mass is 32.2. The Morgan fingerprint density at radius 2 is 2.05 bits per heavy atom. The van der Waals surface area contributed by atoms with E-state index in [9.17, 15) is 4.79 Å². The highest BCUT2D eigenvalue weighted by Gasteiger charge is 2.21. The van der Waals surface area contributed by atoms with Gasteiger partial charge in [-0.25, -0.2) is 5.01 Å². The molecule has 1 amide bonds. The molecule has 5 heteroatoms. The van der Waals surface area contributed by atoms with Gasteiger partial charge in [-0.15, -0.1) is 11.8 Å². The van der Waals surface area contributed by atoms with Crippen LogP contribution < -0.4 is 5.43 Å². The monoisotopic (exact) mass is 280 g/mol. The van der Waals surface area contributed by atoms with E-state index in [0.29, 0.717) is 13.2 Å². The molecule has 1 heterocycles. The van der Waals surface area contributed by atoms with Crippen molar-refractivity contribution in [3.63, 3.8) is 0 Å². The van der Waals surface area contributed by atoms with E-state index in [2.05, 4.69) is 5.43 Å². The number of rotatable bonds is 5. The first kappa shape index (κ1) is 14.4. The molecule has 1 saturated heterocycles. The van der Waals surface area contributed by atoms with Crippen molar-refractivity contribution in [2.75, 3.05) is 26.3 Å². The van der Waals surface area contributed by atoms with E-state index in [0.717, 1.165) is 24.4 Å². The molecule has 0 radical (unpaired) electrons. The van der Waals surface area contributed by atoms with Crippen molar-refractivity contribution >= 4 is 17.7 Å². The van der Waals surface area contributed by atoms with Crippen LogP contribution in [0.2, 0.25) is 0 Å². The third-order valence-electron chi connectivity index (χ3n) is 2.96. The number of hydrogen-bond acceptors (Lipinski definition) is 4. The maximum absolute atomic E-state index is 12.2. The molecule has 1 aliphatic heterocycles. The molecule has 0 aromatic heterocycles. The highest BCUT2D eigenvalue weighted by Crippen LogP contribution is 2.25. The molecule has 104 valence electrons. The SMILES string of the molecule is CCC(Sc1ccccc1)C(=O)NN1CCOCC1. The Kier molecular flexibility index (Phi) is 5.69. The number of nitrogens with zero attached hydrogens (tertiary/aromatic N) is 1. The van der Waals surface area contributed by atoms with Crippen LogP contribution >= 0.6 is 11.8 Å². The van der Waals surface area contributed by atoms with Crippen molar-refractivity contribution < 1.29 is 9.53 Å². The third-order valence-corrected chi connectivity index (χ3v) is 4.34. The van der Waals surface area contributed by atoms with E-state index in [1.165, 1.54) is 0 Å². The molecule has 1 aromatic rings. The lowest BCUT2D eigenvalue weighted by Crippen LogP contribution is -2.50. The summed E-state index contributed by atoms with van der Waals surface area (Å²) < 4.78 is 5.27. The first-order valence-corrected chi connectivity index (χ1v) is 7.52. The van der Waals surface area contributed by atoms with Crippen LogP contribution in [-0.4, -0.2) is 42.5 Å². The van der Waals surface area contributed by atoms with Crippen molar-refractivity contribution in [2.45, 2.75) is 23.5 Å². The molecular formula is C14H20N2O2S. The van der Waals surface area contributed by atoms with E-state index in [-0.39, 0.29) is 11.2 Å². The normalized spacial score (nSPS) is 17.9. The lowest BCUT2D eigenvalue weighted by molar-refractivity contribution is -0.127. The van der Waals surface area contributed by atoms with Crippen molar-refractivity contribution in [3.05, 3.63) is 30.3 Å². The van der Waals surface area contributed by atoms with Gasteiger partial charge in [-0.2, -0.15) is 0 Å². The van der Waals surface area contributed by atoms with Crippen LogP contribution in [-0.2, 0) is 9.53 Å².